The molecule has 2 N–H and O–H groups in total. The molecule has 156 valence electrons. The first-order valence-electron chi connectivity index (χ1n) is 9.48. The maximum atomic E-state index is 12.3. The highest BCUT2D eigenvalue weighted by Crippen LogP contribution is 2.14. The maximum absolute atomic E-state index is 12.3. The first-order valence-corrected chi connectivity index (χ1v) is 11.1. The van der Waals surface area contributed by atoms with E-state index in [1.807, 2.05) is 11.8 Å². The van der Waals surface area contributed by atoms with E-state index in [1.54, 1.807) is 54.6 Å². The van der Waals surface area contributed by atoms with E-state index in [4.69, 9.17) is 0 Å². The molecule has 0 unspecified atom stereocenters. The molecule has 2 aromatic rings. The topological polar surface area (TPSA) is 95.6 Å². The van der Waals surface area contributed by atoms with Gasteiger partial charge in [-0.25, -0.2) is 8.42 Å². The van der Waals surface area contributed by atoms with Crippen molar-refractivity contribution in [2.45, 2.75) is 25.2 Å². The van der Waals surface area contributed by atoms with Crippen LogP contribution < -0.4 is 10.6 Å². The largest absolute Gasteiger partial charge is 0.326 e. The number of rotatable bonds is 10. The van der Waals surface area contributed by atoms with Crippen molar-refractivity contribution in [1.29, 1.82) is 0 Å². The van der Waals surface area contributed by atoms with Crippen molar-refractivity contribution in [3.05, 3.63) is 54.6 Å². The highest BCUT2D eigenvalue weighted by Gasteiger charge is 2.15. The molecule has 0 bridgehead atoms. The van der Waals surface area contributed by atoms with E-state index in [-0.39, 0.29) is 24.1 Å². The molecule has 8 heteroatoms. The van der Waals surface area contributed by atoms with Crippen LogP contribution in [-0.2, 0) is 19.4 Å². The molecular formula is C21H27N3O4S. The number of amides is 2. The lowest BCUT2D eigenvalue weighted by Gasteiger charge is -2.19. The van der Waals surface area contributed by atoms with E-state index < -0.39 is 9.84 Å². The van der Waals surface area contributed by atoms with E-state index in [0.717, 1.165) is 0 Å². The Bertz CT molecular complexity index is 913. The molecule has 0 aromatic heterocycles. The van der Waals surface area contributed by atoms with Gasteiger partial charge in [0.05, 0.1) is 17.2 Å². The lowest BCUT2D eigenvalue weighted by atomic mass is 10.2. The lowest BCUT2D eigenvalue weighted by Crippen LogP contribution is -2.34. The minimum atomic E-state index is -3.31. The quantitative estimate of drug-likeness (QED) is 0.620. The summed E-state index contributed by atoms with van der Waals surface area (Å²) in [5.74, 6) is -0.292. The molecule has 2 aromatic carbocycles. The highest BCUT2D eigenvalue weighted by molar-refractivity contribution is 7.91. The Balaban J connectivity index is 1.81. The fourth-order valence-corrected chi connectivity index (χ4v) is 4.13. The Morgan fingerprint density at radius 2 is 1.52 bits per heavy atom. The summed E-state index contributed by atoms with van der Waals surface area (Å²) in [4.78, 5) is 25.5. The summed E-state index contributed by atoms with van der Waals surface area (Å²) in [6, 6.07) is 15.2. The molecule has 0 radical (unpaired) electrons. The van der Waals surface area contributed by atoms with E-state index in [9.17, 15) is 18.0 Å². The summed E-state index contributed by atoms with van der Waals surface area (Å²) in [5.41, 5.74) is 1.29. The molecule has 0 aliphatic carbocycles. The van der Waals surface area contributed by atoms with Crippen LogP contribution in [0, 0.1) is 0 Å². The van der Waals surface area contributed by atoms with Gasteiger partial charge in [-0.3, -0.25) is 14.5 Å². The first-order chi connectivity index (χ1) is 13.8. The number of sulfone groups is 1. The minimum absolute atomic E-state index is 0.0414. The summed E-state index contributed by atoms with van der Waals surface area (Å²) in [6.45, 7) is 4.69. The highest BCUT2D eigenvalue weighted by atomic mass is 32.2. The monoisotopic (exact) mass is 417 g/mol. The Hall–Kier alpha value is -2.71. The number of benzene rings is 2. The number of likely N-dealkylation sites (N-methyl/N-ethyl adjacent to an activating group) is 1. The van der Waals surface area contributed by atoms with Crippen molar-refractivity contribution in [2.24, 2.45) is 0 Å². The SMILES string of the molecule is CCN(CCCS(=O)(=O)c1ccccc1)CC(=O)Nc1ccc(NC(C)=O)cc1. The number of anilines is 2. The number of carbonyl (C=O) groups is 2. The van der Waals surface area contributed by atoms with Crippen molar-refractivity contribution in [3.63, 3.8) is 0 Å². The van der Waals surface area contributed by atoms with Gasteiger partial charge in [0.1, 0.15) is 0 Å². The first kappa shape index (κ1) is 22.6. The average molecular weight is 418 g/mol. The second-order valence-electron chi connectivity index (χ2n) is 6.66. The number of hydrogen-bond donors (Lipinski definition) is 2. The zero-order valence-corrected chi connectivity index (χ0v) is 17.5. The molecule has 0 saturated heterocycles. The Morgan fingerprint density at radius 3 is 2.07 bits per heavy atom. The molecule has 0 atom stereocenters. The van der Waals surface area contributed by atoms with Gasteiger partial charge in [-0.2, -0.15) is 0 Å². The van der Waals surface area contributed by atoms with Gasteiger partial charge >= 0.3 is 0 Å². The van der Waals surface area contributed by atoms with Crippen LogP contribution in [0.25, 0.3) is 0 Å². The summed E-state index contributed by atoms with van der Waals surface area (Å²) >= 11 is 0. The van der Waals surface area contributed by atoms with Crippen LogP contribution >= 0.6 is 0 Å². The molecule has 0 aliphatic heterocycles. The molecule has 29 heavy (non-hydrogen) atoms. The van der Waals surface area contributed by atoms with Gasteiger partial charge in [0.15, 0.2) is 9.84 Å². The van der Waals surface area contributed by atoms with Crippen LogP contribution in [0.2, 0.25) is 0 Å². The van der Waals surface area contributed by atoms with Crippen LogP contribution in [0.3, 0.4) is 0 Å². The van der Waals surface area contributed by atoms with E-state index in [2.05, 4.69) is 10.6 Å². The molecule has 0 fully saturated rings. The van der Waals surface area contributed by atoms with Crippen LogP contribution in [0.5, 0.6) is 0 Å². The Morgan fingerprint density at radius 1 is 0.931 bits per heavy atom. The Kier molecular flexibility index (Phi) is 8.35. The fourth-order valence-electron chi connectivity index (χ4n) is 2.82. The molecule has 0 saturated carbocycles. The lowest BCUT2D eigenvalue weighted by molar-refractivity contribution is -0.117. The van der Waals surface area contributed by atoms with Crippen molar-refractivity contribution in [3.8, 4) is 0 Å². The maximum Gasteiger partial charge on any atom is 0.238 e. The number of nitrogens with zero attached hydrogens (tertiary/aromatic N) is 1. The molecule has 7 nitrogen and oxygen atoms in total. The van der Waals surface area contributed by atoms with Crippen molar-refractivity contribution in [2.75, 3.05) is 36.0 Å². The molecule has 2 amide bonds. The van der Waals surface area contributed by atoms with Crippen molar-refractivity contribution < 1.29 is 18.0 Å². The third kappa shape index (κ3) is 7.67. The van der Waals surface area contributed by atoms with Gasteiger partial charge in [-0.05, 0) is 55.9 Å². The van der Waals surface area contributed by atoms with Crippen molar-refractivity contribution >= 4 is 33.0 Å². The number of hydrogen-bond acceptors (Lipinski definition) is 5. The van der Waals surface area contributed by atoms with Crippen LogP contribution in [-0.4, -0.2) is 50.5 Å². The van der Waals surface area contributed by atoms with Gasteiger partial charge in [-0.15, -0.1) is 0 Å². The third-order valence-electron chi connectivity index (χ3n) is 4.29. The summed E-state index contributed by atoms with van der Waals surface area (Å²) in [5, 5.41) is 5.47. The van der Waals surface area contributed by atoms with E-state index in [1.165, 1.54) is 6.92 Å². The van der Waals surface area contributed by atoms with Crippen molar-refractivity contribution in [1.82, 2.24) is 4.90 Å². The van der Waals surface area contributed by atoms with Gasteiger partial charge in [0.2, 0.25) is 11.8 Å². The molecule has 0 spiro atoms. The van der Waals surface area contributed by atoms with Gasteiger partial charge in [0.25, 0.3) is 0 Å². The molecule has 2 rings (SSSR count). The van der Waals surface area contributed by atoms with Crippen LogP contribution in [0.4, 0.5) is 11.4 Å². The number of nitrogens with one attached hydrogen (secondary N) is 2. The summed E-state index contributed by atoms with van der Waals surface area (Å²) in [7, 11) is -3.31. The predicted octanol–water partition coefficient (Wildman–Crippen LogP) is 2.77. The second-order valence-corrected chi connectivity index (χ2v) is 8.77. The fraction of sp³-hybridized carbons (Fsp3) is 0.333. The predicted molar refractivity (Wildman–Crippen MR) is 115 cm³/mol. The average Bonchev–Trinajstić information content (AvgIpc) is 2.69. The zero-order valence-electron chi connectivity index (χ0n) is 16.7. The molecule has 0 heterocycles. The van der Waals surface area contributed by atoms with Crippen LogP contribution in [0.1, 0.15) is 20.3 Å². The third-order valence-corrected chi connectivity index (χ3v) is 6.11. The molecular weight excluding hydrogens is 390 g/mol. The van der Waals surface area contributed by atoms with Gasteiger partial charge < -0.3 is 10.6 Å². The van der Waals surface area contributed by atoms with Crippen LogP contribution in [0.15, 0.2) is 59.5 Å². The normalized spacial score (nSPS) is 11.3. The summed E-state index contributed by atoms with van der Waals surface area (Å²) in [6.07, 6.45) is 0.448. The number of carbonyl (C=O) groups excluding carboxylic acids is 2. The molecule has 0 aliphatic rings. The second kappa shape index (κ2) is 10.7. The van der Waals surface area contributed by atoms with E-state index >= 15 is 0 Å². The zero-order chi connectivity index (χ0) is 21.3. The smallest absolute Gasteiger partial charge is 0.238 e. The summed E-state index contributed by atoms with van der Waals surface area (Å²) < 4.78 is 24.7. The minimum Gasteiger partial charge on any atom is -0.326 e. The van der Waals surface area contributed by atoms with Gasteiger partial charge in [-0.1, -0.05) is 25.1 Å². The Labute approximate surface area is 172 Å². The van der Waals surface area contributed by atoms with Gasteiger partial charge in [0, 0.05) is 18.3 Å². The van der Waals surface area contributed by atoms with E-state index in [0.29, 0.717) is 35.8 Å². The standard InChI is InChI=1S/C21H27N3O4S/c1-3-24(14-7-15-29(27,28)20-8-5-4-6-9-20)16-21(26)23-19-12-10-18(11-13-19)22-17(2)25/h4-6,8-13H,3,7,14-16H2,1-2H3,(H,22,25)(H,23,26).